The van der Waals surface area contributed by atoms with Gasteiger partial charge in [0.15, 0.2) is 0 Å². The van der Waals surface area contributed by atoms with Crippen molar-refractivity contribution in [3.05, 3.63) is 63.0 Å². The number of rotatable bonds is 6. The Morgan fingerprint density at radius 3 is 2.86 bits per heavy atom. The zero-order chi connectivity index (χ0) is 15.9. The molecule has 0 aliphatic heterocycles. The first-order valence-corrected chi connectivity index (χ1v) is 7.36. The van der Waals surface area contributed by atoms with E-state index in [1.165, 1.54) is 12.3 Å². The minimum atomic E-state index is -0.413. The fourth-order valence-corrected chi connectivity index (χ4v) is 2.18. The molecule has 1 heterocycles. The lowest BCUT2D eigenvalue weighted by atomic mass is 10.1. The summed E-state index contributed by atoms with van der Waals surface area (Å²) in [7, 11) is 0. The fraction of sp³-hybridized carbons (Fsp3) is 0.250. The molecule has 1 aromatic carbocycles. The van der Waals surface area contributed by atoms with Gasteiger partial charge in [0, 0.05) is 12.7 Å². The zero-order valence-electron chi connectivity index (χ0n) is 12.2. The van der Waals surface area contributed by atoms with E-state index in [0.717, 1.165) is 11.3 Å². The maximum atomic E-state index is 12.0. The van der Waals surface area contributed by atoms with Crippen molar-refractivity contribution in [3.63, 3.8) is 0 Å². The van der Waals surface area contributed by atoms with E-state index >= 15 is 0 Å². The van der Waals surface area contributed by atoms with Crippen molar-refractivity contribution in [1.82, 2.24) is 10.3 Å². The van der Waals surface area contributed by atoms with Gasteiger partial charge >= 0.3 is 0 Å². The Morgan fingerprint density at radius 1 is 1.36 bits per heavy atom. The van der Waals surface area contributed by atoms with Crippen LogP contribution in [0.5, 0.6) is 5.75 Å². The van der Waals surface area contributed by atoms with E-state index in [-0.39, 0.29) is 10.9 Å². The number of aromatic nitrogens is 1. The van der Waals surface area contributed by atoms with Gasteiger partial charge in [0.1, 0.15) is 10.8 Å². The van der Waals surface area contributed by atoms with Gasteiger partial charge < -0.3 is 15.0 Å². The van der Waals surface area contributed by atoms with Gasteiger partial charge in [-0.15, -0.1) is 0 Å². The number of hydrogen-bond donors (Lipinski definition) is 2. The Labute approximate surface area is 133 Å². The minimum Gasteiger partial charge on any atom is -0.494 e. The normalized spacial score (nSPS) is 10.3. The van der Waals surface area contributed by atoms with Gasteiger partial charge in [0.25, 0.3) is 11.5 Å². The highest BCUT2D eigenvalue weighted by molar-refractivity contribution is 6.30. The summed E-state index contributed by atoms with van der Waals surface area (Å²) in [5.74, 6) is 0.540. The number of ether oxygens (including phenoxy) is 1. The molecule has 2 N–H and O–H groups in total. The van der Waals surface area contributed by atoms with Crippen LogP contribution in [-0.2, 0) is 6.42 Å². The quantitative estimate of drug-likeness (QED) is 0.858. The lowest BCUT2D eigenvalue weighted by Crippen LogP contribution is -2.26. The van der Waals surface area contributed by atoms with Crippen LogP contribution in [0.1, 0.15) is 22.8 Å². The van der Waals surface area contributed by atoms with E-state index in [0.29, 0.717) is 25.1 Å². The van der Waals surface area contributed by atoms with Crippen LogP contribution in [0, 0.1) is 0 Å². The molecule has 1 amide bonds. The van der Waals surface area contributed by atoms with Crippen LogP contribution in [0.4, 0.5) is 0 Å². The smallest absolute Gasteiger partial charge is 0.266 e. The molecule has 0 bridgehead atoms. The second kappa shape index (κ2) is 7.66. The maximum absolute atomic E-state index is 12.0. The lowest BCUT2D eigenvalue weighted by molar-refractivity contribution is 0.0953. The van der Waals surface area contributed by atoms with E-state index in [1.54, 1.807) is 0 Å². The number of carbonyl (C=O) groups is 1. The number of nitrogens with one attached hydrogen (secondary N) is 2. The molecule has 5 nitrogen and oxygen atoms in total. The predicted octanol–water partition coefficient (Wildman–Crippen LogP) is 2.40. The monoisotopic (exact) mass is 320 g/mol. The Hall–Kier alpha value is -2.27. The highest BCUT2D eigenvalue weighted by Gasteiger charge is 2.08. The molecule has 0 aliphatic rings. The summed E-state index contributed by atoms with van der Waals surface area (Å²) in [4.78, 5) is 25.6. The third-order valence-electron chi connectivity index (χ3n) is 3.07. The average molecular weight is 321 g/mol. The predicted molar refractivity (Wildman–Crippen MR) is 85.7 cm³/mol. The average Bonchev–Trinajstić information content (AvgIpc) is 2.52. The number of pyridine rings is 1. The summed E-state index contributed by atoms with van der Waals surface area (Å²) in [5, 5.41) is 2.78. The molecule has 22 heavy (non-hydrogen) atoms. The number of para-hydroxylation sites is 1. The van der Waals surface area contributed by atoms with Crippen LogP contribution >= 0.6 is 11.6 Å². The highest BCUT2D eigenvalue weighted by atomic mass is 35.5. The van der Waals surface area contributed by atoms with Gasteiger partial charge in [-0.3, -0.25) is 9.59 Å². The number of carbonyl (C=O) groups excluding carboxylic acids is 1. The third-order valence-corrected chi connectivity index (χ3v) is 3.35. The van der Waals surface area contributed by atoms with Crippen molar-refractivity contribution in [2.24, 2.45) is 0 Å². The molecule has 1 aromatic heterocycles. The first-order valence-electron chi connectivity index (χ1n) is 6.99. The van der Waals surface area contributed by atoms with Crippen LogP contribution in [0.2, 0.25) is 5.02 Å². The van der Waals surface area contributed by atoms with Gasteiger partial charge in [0.05, 0.1) is 12.2 Å². The first-order chi connectivity index (χ1) is 10.6. The van der Waals surface area contributed by atoms with Gasteiger partial charge in [-0.1, -0.05) is 29.8 Å². The largest absolute Gasteiger partial charge is 0.494 e. The van der Waals surface area contributed by atoms with Crippen molar-refractivity contribution in [3.8, 4) is 5.75 Å². The standard InChI is InChI=1S/C16H17ClN2O3/c1-2-22-14-6-4-3-5-11(14)7-8-18-15(20)12-9-13(17)16(21)19-10-12/h3-6,9-10H,2,7-8H2,1H3,(H,18,20)(H,19,21). The van der Waals surface area contributed by atoms with E-state index in [9.17, 15) is 9.59 Å². The Balaban J connectivity index is 1.94. The summed E-state index contributed by atoms with van der Waals surface area (Å²) >= 11 is 5.70. The van der Waals surface area contributed by atoms with Crippen molar-refractivity contribution < 1.29 is 9.53 Å². The molecule has 0 unspecified atom stereocenters. The molecule has 0 radical (unpaired) electrons. The Kier molecular flexibility index (Phi) is 5.61. The third kappa shape index (κ3) is 4.11. The molecule has 116 valence electrons. The molecule has 0 aliphatic carbocycles. The van der Waals surface area contributed by atoms with Gasteiger partial charge in [0.2, 0.25) is 0 Å². The van der Waals surface area contributed by atoms with Crippen LogP contribution in [0.3, 0.4) is 0 Å². The van der Waals surface area contributed by atoms with Crippen LogP contribution < -0.4 is 15.6 Å². The number of H-pyrrole nitrogens is 1. The summed E-state index contributed by atoms with van der Waals surface area (Å²) < 4.78 is 5.54. The van der Waals surface area contributed by atoms with Gasteiger partial charge in [-0.05, 0) is 31.0 Å². The maximum Gasteiger partial charge on any atom is 0.266 e. The SMILES string of the molecule is CCOc1ccccc1CCNC(=O)c1c[nH]c(=O)c(Cl)c1. The van der Waals surface area contributed by atoms with E-state index < -0.39 is 5.56 Å². The molecule has 2 aromatic rings. The van der Waals surface area contributed by atoms with Crippen LogP contribution in [-0.4, -0.2) is 24.0 Å². The minimum absolute atomic E-state index is 0.00524. The van der Waals surface area contributed by atoms with Crippen LogP contribution in [0.25, 0.3) is 0 Å². The molecule has 0 saturated heterocycles. The topological polar surface area (TPSA) is 71.2 Å². The second-order valence-electron chi connectivity index (χ2n) is 4.61. The van der Waals surface area contributed by atoms with Crippen LogP contribution in [0.15, 0.2) is 41.3 Å². The Bertz CT molecular complexity index is 713. The molecule has 0 spiro atoms. The first kappa shape index (κ1) is 16.1. The Morgan fingerprint density at radius 2 is 2.14 bits per heavy atom. The zero-order valence-corrected chi connectivity index (χ0v) is 12.9. The summed E-state index contributed by atoms with van der Waals surface area (Å²) in [5.41, 5.74) is 0.940. The van der Waals surface area contributed by atoms with Gasteiger partial charge in [-0.25, -0.2) is 0 Å². The highest BCUT2D eigenvalue weighted by Crippen LogP contribution is 2.18. The van der Waals surface area contributed by atoms with E-state index in [1.807, 2.05) is 31.2 Å². The molecule has 0 atom stereocenters. The van der Waals surface area contributed by atoms with Crippen molar-refractivity contribution >= 4 is 17.5 Å². The van der Waals surface area contributed by atoms with Crippen molar-refractivity contribution in [2.75, 3.05) is 13.2 Å². The number of amides is 1. The fourth-order valence-electron chi connectivity index (χ4n) is 2.01. The number of hydrogen-bond acceptors (Lipinski definition) is 3. The molecule has 2 rings (SSSR count). The molecular weight excluding hydrogens is 304 g/mol. The summed E-state index contributed by atoms with van der Waals surface area (Å²) in [6.07, 6.45) is 2.00. The van der Waals surface area contributed by atoms with E-state index in [2.05, 4.69) is 10.3 Å². The number of aromatic amines is 1. The molecule has 6 heteroatoms. The summed E-state index contributed by atoms with van der Waals surface area (Å²) in [6, 6.07) is 9.07. The second-order valence-corrected chi connectivity index (χ2v) is 5.02. The lowest BCUT2D eigenvalue weighted by Gasteiger charge is -2.10. The van der Waals surface area contributed by atoms with Crippen molar-refractivity contribution in [2.45, 2.75) is 13.3 Å². The molecular formula is C16H17ClN2O3. The van der Waals surface area contributed by atoms with Crippen molar-refractivity contribution in [1.29, 1.82) is 0 Å². The number of benzene rings is 1. The van der Waals surface area contributed by atoms with E-state index in [4.69, 9.17) is 16.3 Å². The van der Waals surface area contributed by atoms with Gasteiger partial charge in [-0.2, -0.15) is 0 Å². The molecule has 0 saturated carbocycles. The molecule has 0 fully saturated rings. The number of halogens is 1. The summed E-state index contributed by atoms with van der Waals surface area (Å²) in [6.45, 7) is 2.98.